The molecule has 0 aliphatic heterocycles. The summed E-state index contributed by atoms with van der Waals surface area (Å²) >= 11 is 0. The Morgan fingerprint density at radius 3 is 2.65 bits per heavy atom. The Bertz CT molecular complexity index is 386. The quantitative estimate of drug-likeness (QED) is 0.786. The van der Waals surface area contributed by atoms with Crippen LogP contribution in [0.15, 0.2) is 24.3 Å². The maximum atomic E-state index is 9.60. The van der Waals surface area contributed by atoms with E-state index < -0.39 is 6.10 Å². The van der Waals surface area contributed by atoms with Crippen molar-refractivity contribution < 1.29 is 9.84 Å². The number of ether oxygens (including phenoxy) is 1. The van der Waals surface area contributed by atoms with Crippen LogP contribution in [0.3, 0.4) is 0 Å². The van der Waals surface area contributed by atoms with Crippen LogP contribution in [0.5, 0.6) is 5.75 Å². The molecule has 0 amide bonds. The first-order chi connectivity index (χ1) is 9.78. The Kier molecular flexibility index (Phi) is 6.34. The van der Waals surface area contributed by atoms with Crippen LogP contribution >= 0.6 is 0 Å². The highest BCUT2D eigenvalue weighted by Gasteiger charge is 2.13. The fourth-order valence-corrected chi connectivity index (χ4v) is 2.86. The molecule has 0 spiro atoms. The zero-order valence-corrected chi connectivity index (χ0v) is 12.3. The Morgan fingerprint density at radius 2 is 1.95 bits per heavy atom. The standard InChI is InChI=1S/C17H27NO2/c18-12-16(19)10-15-8-5-9-17(11-15)20-13-14-6-3-1-2-4-7-14/h5,8-9,11,14,16,19H,1-4,6-7,10,12-13,18H2/t16-/m1/s1. The molecule has 1 aromatic carbocycles. The molecule has 3 N–H and O–H groups in total. The molecule has 1 atom stereocenters. The minimum absolute atomic E-state index is 0.299. The van der Waals surface area contributed by atoms with Crippen LogP contribution in [0.25, 0.3) is 0 Å². The molecule has 0 bridgehead atoms. The molecule has 3 heteroatoms. The molecule has 112 valence electrons. The lowest BCUT2D eigenvalue weighted by Gasteiger charge is -2.16. The minimum atomic E-state index is -0.466. The van der Waals surface area contributed by atoms with E-state index in [0.29, 0.717) is 18.9 Å². The summed E-state index contributed by atoms with van der Waals surface area (Å²) in [5, 5.41) is 9.60. The van der Waals surface area contributed by atoms with Crippen LogP contribution in [0.2, 0.25) is 0 Å². The van der Waals surface area contributed by atoms with Gasteiger partial charge in [0.15, 0.2) is 0 Å². The van der Waals surface area contributed by atoms with Gasteiger partial charge in [0.05, 0.1) is 12.7 Å². The SMILES string of the molecule is NC[C@H](O)Cc1cccc(OCC2CCCCCC2)c1. The molecule has 0 radical (unpaired) electrons. The van der Waals surface area contributed by atoms with Gasteiger partial charge in [0.25, 0.3) is 0 Å². The molecule has 20 heavy (non-hydrogen) atoms. The first-order valence-corrected chi connectivity index (χ1v) is 7.88. The van der Waals surface area contributed by atoms with Crippen molar-refractivity contribution in [3.05, 3.63) is 29.8 Å². The van der Waals surface area contributed by atoms with E-state index in [4.69, 9.17) is 10.5 Å². The van der Waals surface area contributed by atoms with Crippen molar-refractivity contribution in [2.75, 3.05) is 13.2 Å². The van der Waals surface area contributed by atoms with Crippen LogP contribution in [0, 0.1) is 5.92 Å². The van der Waals surface area contributed by atoms with Gasteiger partial charge in [0, 0.05) is 6.54 Å². The molecule has 2 rings (SSSR count). The molecule has 3 nitrogen and oxygen atoms in total. The van der Waals surface area contributed by atoms with Gasteiger partial charge in [-0.3, -0.25) is 0 Å². The summed E-state index contributed by atoms with van der Waals surface area (Å²) in [6, 6.07) is 8.02. The summed E-state index contributed by atoms with van der Waals surface area (Å²) in [5.41, 5.74) is 6.53. The second-order valence-corrected chi connectivity index (χ2v) is 5.91. The van der Waals surface area contributed by atoms with Crippen LogP contribution in [0.4, 0.5) is 0 Å². The minimum Gasteiger partial charge on any atom is -0.493 e. The maximum absolute atomic E-state index is 9.60. The number of aliphatic hydroxyl groups excluding tert-OH is 1. The molecule has 0 heterocycles. The summed E-state index contributed by atoms with van der Waals surface area (Å²) in [7, 11) is 0. The third kappa shape index (κ3) is 5.14. The smallest absolute Gasteiger partial charge is 0.119 e. The molecule has 0 aromatic heterocycles. The van der Waals surface area contributed by atoms with Gasteiger partial charge >= 0.3 is 0 Å². The number of aliphatic hydroxyl groups is 1. The summed E-state index contributed by atoms with van der Waals surface area (Å²) in [6.45, 7) is 1.12. The van der Waals surface area contributed by atoms with Crippen molar-refractivity contribution in [1.82, 2.24) is 0 Å². The summed E-state index contributed by atoms with van der Waals surface area (Å²) in [4.78, 5) is 0. The van der Waals surface area contributed by atoms with Gasteiger partial charge in [-0.1, -0.05) is 37.8 Å². The lowest BCUT2D eigenvalue weighted by Crippen LogP contribution is -2.21. The van der Waals surface area contributed by atoms with E-state index in [-0.39, 0.29) is 0 Å². The molecule has 1 fully saturated rings. The van der Waals surface area contributed by atoms with E-state index in [1.54, 1.807) is 0 Å². The van der Waals surface area contributed by atoms with E-state index in [1.165, 1.54) is 38.5 Å². The van der Waals surface area contributed by atoms with Crippen molar-refractivity contribution in [2.45, 2.75) is 51.0 Å². The highest BCUT2D eigenvalue weighted by Crippen LogP contribution is 2.24. The van der Waals surface area contributed by atoms with Crippen molar-refractivity contribution >= 4 is 0 Å². The Balaban J connectivity index is 1.84. The van der Waals surface area contributed by atoms with Gasteiger partial charge in [-0.15, -0.1) is 0 Å². The molecule has 1 aromatic rings. The van der Waals surface area contributed by atoms with Crippen molar-refractivity contribution in [1.29, 1.82) is 0 Å². The first kappa shape index (κ1) is 15.3. The summed E-state index contributed by atoms with van der Waals surface area (Å²) < 4.78 is 5.94. The highest BCUT2D eigenvalue weighted by atomic mass is 16.5. The summed E-state index contributed by atoms with van der Waals surface area (Å²) in [5.74, 6) is 1.62. The predicted octanol–water partition coefficient (Wildman–Crippen LogP) is 2.90. The lowest BCUT2D eigenvalue weighted by atomic mass is 10.0. The topological polar surface area (TPSA) is 55.5 Å². The van der Waals surface area contributed by atoms with Crippen molar-refractivity contribution in [2.24, 2.45) is 11.7 Å². The van der Waals surface area contributed by atoms with Crippen LogP contribution in [0.1, 0.15) is 44.1 Å². The normalized spacial score (nSPS) is 18.5. The third-order valence-electron chi connectivity index (χ3n) is 4.10. The largest absolute Gasteiger partial charge is 0.493 e. The number of nitrogens with two attached hydrogens (primary N) is 1. The van der Waals surface area contributed by atoms with Crippen LogP contribution in [-0.2, 0) is 6.42 Å². The lowest BCUT2D eigenvalue weighted by molar-refractivity contribution is 0.183. The van der Waals surface area contributed by atoms with Gasteiger partial charge in [0.2, 0.25) is 0 Å². The Morgan fingerprint density at radius 1 is 1.20 bits per heavy atom. The monoisotopic (exact) mass is 277 g/mol. The van der Waals surface area contributed by atoms with Crippen molar-refractivity contribution in [3.8, 4) is 5.75 Å². The van der Waals surface area contributed by atoms with E-state index in [9.17, 15) is 5.11 Å². The fraction of sp³-hybridized carbons (Fsp3) is 0.647. The maximum Gasteiger partial charge on any atom is 0.119 e. The van der Waals surface area contributed by atoms with Gasteiger partial charge in [-0.05, 0) is 42.9 Å². The number of benzene rings is 1. The van der Waals surface area contributed by atoms with Crippen LogP contribution < -0.4 is 10.5 Å². The zero-order chi connectivity index (χ0) is 14.2. The first-order valence-electron chi connectivity index (χ1n) is 7.88. The second kappa shape index (κ2) is 8.28. The highest BCUT2D eigenvalue weighted by molar-refractivity contribution is 5.29. The summed E-state index contributed by atoms with van der Waals surface area (Å²) in [6.07, 6.45) is 8.17. The van der Waals surface area contributed by atoms with Gasteiger partial charge in [-0.2, -0.15) is 0 Å². The third-order valence-corrected chi connectivity index (χ3v) is 4.10. The average Bonchev–Trinajstić information content (AvgIpc) is 2.74. The van der Waals surface area contributed by atoms with Gasteiger partial charge in [0.1, 0.15) is 5.75 Å². The predicted molar refractivity (Wildman–Crippen MR) is 81.9 cm³/mol. The van der Waals surface area contributed by atoms with Gasteiger partial charge < -0.3 is 15.6 Å². The molecule has 0 unspecified atom stereocenters. The van der Waals surface area contributed by atoms with E-state index in [2.05, 4.69) is 0 Å². The molecular formula is C17H27NO2. The number of hydrogen-bond donors (Lipinski definition) is 2. The van der Waals surface area contributed by atoms with Crippen molar-refractivity contribution in [3.63, 3.8) is 0 Å². The van der Waals surface area contributed by atoms with Gasteiger partial charge in [-0.25, -0.2) is 0 Å². The molecule has 1 aliphatic rings. The number of hydrogen-bond acceptors (Lipinski definition) is 3. The van der Waals surface area contributed by atoms with E-state index in [1.807, 2.05) is 24.3 Å². The zero-order valence-electron chi connectivity index (χ0n) is 12.3. The van der Waals surface area contributed by atoms with E-state index >= 15 is 0 Å². The fourth-order valence-electron chi connectivity index (χ4n) is 2.86. The van der Waals surface area contributed by atoms with Crippen LogP contribution in [-0.4, -0.2) is 24.4 Å². The molecular weight excluding hydrogens is 250 g/mol. The average molecular weight is 277 g/mol. The molecule has 1 saturated carbocycles. The molecule has 1 aliphatic carbocycles. The number of rotatable bonds is 6. The van der Waals surface area contributed by atoms with E-state index in [0.717, 1.165) is 17.9 Å². The second-order valence-electron chi connectivity index (χ2n) is 5.91. The Labute approximate surface area is 122 Å². The molecule has 0 saturated heterocycles. The Hall–Kier alpha value is -1.06.